The molecule has 5 heteroatoms. The van der Waals surface area contributed by atoms with Crippen molar-refractivity contribution in [3.8, 4) is 0 Å². The zero-order valence-electron chi connectivity index (χ0n) is 52.9. The highest BCUT2D eigenvalue weighted by molar-refractivity contribution is 7.00. The summed E-state index contributed by atoms with van der Waals surface area (Å²) in [5, 5.41) is 1.09. The second kappa shape index (κ2) is 18.6. The molecule has 4 heterocycles. The normalized spacial score (nSPS) is 21.5. The summed E-state index contributed by atoms with van der Waals surface area (Å²) in [6, 6.07) is 46.2. The van der Waals surface area contributed by atoms with Crippen LogP contribution in [0.1, 0.15) is 225 Å². The van der Waals surface area contributed by atoms with E-state index in [0.29, 0.717) is 5.92 Å². The van der Waals surface area contributed by atoms with Crippen LogP contribution in [0.15, 0.2) is 125 Å². The van der Waals surface area contributed by atoms with E-state index >= 15 is 0 Å². The van der Waals surface area contributed by atoms with Gasteiger partial charge in [-0.25, -0.2) is 0 Å². The van der Waals surface area contributed by atoms with E-state index in [4.69, 9.17) is 4.42 Å². The van der Waals surface area contributed by atoms with Crippen molar-refractivity contribution in [2.45, 2.75) is 226 Å². The number of benzene rings is 5. The lowest BCUT2D eigenvalue weighted by molar-refractivity contribution is 0.331. The Balaban J connectivity index is 1.16. The molecule has 2 atom stereocenters. The minimum absolute atomic E-state index is 0.00965. The highest BCUT2D eigenvalue weighted by Crippen LogP contribution is 2.59. The van der Waals surface area contributed by atoms with Crippen molar-refractivity contribution >= 4 is 74.1 Å². The van der Waals surface area contributed by atoms with E-state index in [1.807, 2.05) is 0 Å². The van der Waals surface area contributed by atoms with Crippen LogP contribution in [0.4, 0.5) is 39.8 Å². The molecule has 0 saturated carbocycles. The molecule has 0 radical (unpaired) electrons. The number of rotatable bonds is 9. The van der Waals surface area contributed by atoms with Gasteiger partial charge < -0.3 is 19.1 Å². The lowest BCUT2D eigenvalue weighted by Gasteiger charge is -2.58. The molecular formula is C77H90BN3O. The monoisotopic (exact) mass is 1080 g/mol. The molecule has 422 valence electrons. The quantitative estimate of drug-likeness (QED) is 0.106. The lowest BCUT2D eigenvalue weighted by atomic mass is 9.35. The number of furan rings is 1. The number of aryl methyl sites for hydroxylation is 1. The van der Waals surface area contributed by atoms with Crippen LogP contribution >= 0.6 is 0 Å². The van der Waals surface area contributed by atoms with Crippen molar-refractivity contribution in [1.82, 2.24) is 0 Å². The minimum Gasteiger partial charge on any atom is -0.459 e. The minimum atomic E-state index is -0.218. The van der Waals surface area contributed by atoms with Gasteiger partial charge in [0.15, 0.2) is 5.58 Å². The van der Waals surface area contributed by atoms with Crippen LogP contribution in [0.5, 0.6) is 0 Å². The summed E-state index contributed by atoms with van der Waals surface area (Å²) in [5.41, 5.74) is 26.5. The zero-order valence-corrected chi connectivity index (χ0v) is 52.9. The number of fused-ring (bicyclic) bond motifs is 9. The van der Waals surface area contributed by atoms with E-state index in [-0.39, 0.29) is 44.7 Å². The summed E-state index contributed by atoms with van der Waals surface area (Å²) in [6.45, 7) is 40.9. The lowest BCUT2D eigenvalue weighted by Crippen LogP contribution is -2.62. The maximum absolute atomic E-state index is 7.57. The third kappa shape index (κ3) is 8.43. The number of unbranched alkanes of at least 4 members (excludes halogenated alkanes) is 3. The summed E-state index contributed by atoms with van der Waals surface area (Å²) in [6.07, 6.45) is 16.8. The predicted molar refractivity (Wildman–Crippen MR) is 350 cm³/mol. The van der Waals surface area contributed by atoms with Gasteiger partial charge in [-0.3, -0.25) is 0 Å². The molecular weight excluding hydrogens is 994 g/mol. The van der Waals surface area contributed by atoms with Gasteiger partial charge in [-0.15, -0.1) is 0 Å². The van der Waals surface area contributed by atoms with Crippen molar-refractivity contribution < 1.29 is 4.42 Å². The van der Waals surface area contributed by atoms with Gasteiger partial charge in [-0.2, -0.15) is 0 Å². The van der Waals surface area contributed by atoms with E-state index in [0.717, 1.165) is 65.7 Å². The molecule has 1 saturated heterocycles. The molecule has 1 unspecified atom stereocenters. The fourth-order valence-electron chi connectivity index (χ4n) is 15.7. The van der Waals surface area contributed by atoms with Crippen LogP contribution in [0.25, 0.3) is 11.0 Å². The number of allylic oxidation sites excluding steroid dienone is 2. The molecule has 6 aromatic carbocycles. The highest BCUT2D eigenvalue weighted by atomic mass is 16.3. The molecule has 4 nitrogen and oxygen atoms in total. The van der Waals surface area contributed by atoms with Gasteiger partial charge in [0.2, 0.25) is 0 Å². The Labute approximate surface area is 493 Å². The Kier molecular flexibility index (Phi) is 12.4. The predicted octanol–water partition coefficient (Wildman–Crippen LogP) is 19.3. The molecule has 0 spiro atoms. The molecule has 1 fully saturated rings. The standard InChI is InChI=1S/C77H90BN3O/c1-18-19-20-24-35-77(17)60-41-50(49-25-22-21-23-26-49)27-33-62(60)81(77)54-43-65-68-66(44-54)80(63-46-58-56(40-48(63)2)73(9,10)36-38-75(58,13)14)64-47-59-57(74(11,12)37-39-76(59,15)16)45-61(64)78(68)70-69(55-42-52(72(6,7)8)30-34-67(55)82-70)79(65)53-31-28-51(29-32-53)71(3,4)5/h21-23,25-26,28-29,31-33,40-47,50H,18-20,24,27,35-39H2,1-17H3/t50?,77-/m1/s1. The summed E-state index contributed by atoms with van der Waals surface area (Å²) < 4.78 is 7.57. The van der Waals surface area contributed by atoms with Crippen LogP contribution < -0.4 is 31.3 Å². The van der Waals surface area contributed by atoms with Crippen LogP contribution in [-0.2, 0) is 32.5 Å². The Morgan fingerprint density at radius 2 is 1.21 bits per heavy atom. The molecule has 0 N–H and O–H groups in total. The molecule has 0 bridgehead atoms. The maximum Gasteiger partial charge on any atom is 0.297 e. The molecule has 1 aromatic heterocycles. The number of hydrogen-bond donors (Lipinski definition) is 0. The average molecular weight is 1080 g/mol. The third-order valence-corrected chi connectivity index (χ3v) is 21.2. The number of anilines is 7. The van der Waals surface area contributed by atoms with Gasteiger partial charge >= 0.3 is 0 Å². The first-order chi connectivity index (χ1) is 38.6. The van der Waals surface area contributed by atoms with E-state index in [1.54, 1.807) is 0 Å². The second-order valence-corrected chi connectivity index (χ2v) is 30.9. The summed E-state index contributed by atoms with van der Waals surface area (Å²) in [5.74, 6) is 0.349. The van der Waals surface area contributed by atoms with Crippen LogP contribution in [-0.4, -0.2) is 12.3 Å². The fourth-order valence-corrected chi connectivity index (χ4v) is 15.7. The first kappa shape index (κ1) is 54.9. The molecule has 6 aliphatic rings. The van der Waals surface area contributed by atoms with Gasteiger partial charge in [-0.1, -0.05) is 202 Å². The van der Waals surface area contributed by atoms with Crippen LogP contribution in [0.2, 0.25) is 0 Å². The van der Waals surface area contributed by atoms with Crippen LogP contribution in [0.3, 0.4) is 0 Å². The summed E-state index contributed by atoms with van der Waals surface area (Å²) >= 11 is 0. The molecule has 82 heavy (non-hydrogen) atoms. The summed E-state index contributed by atoms with van der Waals surface area (Å²) in [4.78, 5) is 8.17. The van der Waals surface area contributed by atoms with E-state index < -0.39 is 0 Å². The number of hydrogen-bond acceptors (Lipinski definition) is 4. The fraction of sp³-hybridized carbons (Fsp3) is 0.455. The first-order valence-corrected chi connectivity index (χ1v) is 31.6. The smallest absolute Gasteiger partial charge is 0.297 e. The third-order valence-electron chi connectivity index (χ3n) is 21.2. The average Bonchev–Trinajstić information content (AvgIpc) is 1.46. The molecule has 3 aliphatic heterocycles. The molecule has 3 aliphatic carbocycles. The van der Waals surface area contributed by atoms with Gasteiger partial charge in [0.1, 0.15) is 5.66 Å². The topological polar surface area (TPSA) is 22.9 Å². The van der Waals surface area contributed by atoms with Crippen LogP contribution in [0, 0.1) is 19.1 Å². The van der Waals surface area contributed by atoms with Gasteiger partial charge in [0.25, 0.3) is 6.71 Å². The first-order valence-electron chi connectivity index (χ1n) is 31.6. The van der Waals surface area contributed by atoms with E-state index in [1.165, 1.54) is 122 Å². The largest absolute Gasteiger partial charge is 0.459 e. The highest BCUT2D eigenvalue weighted by Gasteiger charge is 2.54. The van der Waals surface area contributed by atoms with Crippen molar-refractivity contribution in [2.24, 2.45) is 0 Å². The van der Waals surface area contributed by atoms with Crippen molar-refractivity contribution in [2.75, 3.05) is 14.7 Å². The van der Waals surface area contributed by atoms with Gasteiger partial charge in [0.05, 0.1) is 16.6 Å². The molecule has 0 amide bonds. The second-order valence-electron chi connectivity index (χ2n) is 30.9. The Hall–Kier alpha value is -6.38. The SMILES string of the molecule is CCCCCC[C@]1(C)C2=CC(c3ccccc3)CC=C2N1c1cc2c3c(c1)N(c1ccc(C(C)(C)C)cc1)c1c(oc4c#cc(C(C)(C)C)cc14)B3c1cc3c(cc1N2c1cc2c(cc1C)C(C)(C)CCC2(C)C)C(C)(C)CCC3(C)C. The Bertz CT molecular complexity index is 3790. The molecule has 13 rings (SSSR count). The maximum atomic E-state index is 7.57. The molecule has 7 aromatic rings. The van der Waals surface area contributed by atoms with Gasteiger partial charge in [-0.05, 0) is 189 Å². The summed E-state index contributed by atoms with van der Waals surface area (Å²) in [7, 11) is 0. The van der Waals surface area contributed by atoms with E-state index in [2.05, 4.69) is 254 Å². The number of nitrogens with zero attached hydrogens (tertiary/aromatic N) is 3. The van der Waals surface area contributed by atoms with Crippen molar-refractivity contribution in [3.63, 3.8) is 0 Å². The van der Waals surface area contributed by atoms with Crippen molar-refractivity contribution in [3.05, 3.63) is 177 Å². The Morgan fingerprint density at radius 3 is 1.82 bits per heavy atom. The Morgan fingerprint density at radius 1 is 0.610 bits per heavy atom. The van der Waals surface area contributed by atoms with Gasteiger partial charge in [0, 0.05) is 51.3 Å². The van der Waals surface area contributed by atoms with E-state index in [9.17, 15) is 0 Å². The van der Waals surface area contributed by atoms with Crippen molar-refractivity contribution in [1.29, 1.82) is 0 Å². The zero-order chi connectivity index (χ0) is 58.0.